The van der Waals surface area contributed by atoms with Crippen molar-refractivity contribution in [1.82, 2.24) is 10.2 Å². The zero-order chi connectivity index (χ0) is 18.1. The van der Waals surface area contributed by atoms with Gasteiger partial charge in [0.1, 0.15) is 6.04 Å². The van der Waals surface area contributed by atoms with Crippen molar-refractivity contribution in [2.24, 2.45) is 0 Å². The average molecular weight is 367 g/mol. The minimum atomic E-state index is -0.618. The maximum atomic E-state index is 12.7. The Bertz CT molecular complexity index is 609. The molecule has 1 aromatic carbocycles. The molecule has 1 unspecified atom stereocenters. The smallest absolute Gasteiger partial charge is 0.246 e. The van der Waals surface area contributed by atoms with Gasteiger partial charge in [-0.2, -0.15) is 0 Å². The lowest BCUT2D eigenvalue weighted by molar-refractivity contribution is -0.134. The number of carbonyl (C=O) groups is 2. The highest BCUT2D eigenvalue weighted by molar-refractivity contribution is 7.99. The molecule has 0 aliphatic carbocycles. The summed E-state index contributed by atoms with van der Waals surface area (Å²) in [6, 6.07) is 5.13. The van der Waals surface area contributed by atoms with E-state index in [1.807, 2.05) is 25.1 Å². The Kier molecular flexibility index (Phi) is 8.65. The number of rotatable bonds is 9. The molecule has 4 nitrogen and oxygen atoms in total. The van der Waals surface area contributed by atoms with Crippen molar-refractivity contribution >= 4 is 35.2 Å². The molecule has 1 aromatic rings. The third kappa shape index (κ3) is 6.42. The molecular formula is C18H23ClN2O2S. The number of amides is 2. The van der Waals surface area contributed by atoms with Crippen LogP contribution in [0.15, 0.2) is 48.4 Å². The Morgan fingerprint density at radius 3 is 2.46 bits per heavy atom. The molecule has 1 atom stereocenters. The molecule has 0 fully saturated rings. The molecule has 0 aliphatic heterocycles. The highest BCUT2D eigenvalue weighted by Gasteiger charge is 2.24. The summed E-state index contributed by atoms with van der Waals surface area (Å²) in [7, 11) is 0. The van der Waals surface area contributed by atoms with Gasteiger partial charge in [-0.3, -0.25) is 9.59 Å². The van der Waals surface area contributed by atoms with E-state index in [0.29, 0.717) is 23.9 Å². The molecule has 0 bridgehead atoms. The van der Waals surface area contributed by atoms with E-state index in [1.165, 1.54) is 18.7 Å². The van der Waals surface area contributed by atoms with Gasteiger partial charge in [0.2, 0.25) is 11.8 Å². The Balaban J connectivity index is 2.84. The number of hydrogen-bond acceptors (Lipinski definition) is 3. The number of aryl methyl sites for hydroxylation is 1. The summed E-state index contributed by atoms with van der Waals surface area (Å²) in [5.74, 6) is 0.0199. The molecule has 24 heavy (non-hydrogen) atoms. The van der Waals surface area contributed by atoms with Gasteiger partial charge in [-0.05, 0) is 24.6 Å². The van der Waals surface area contributed by atoms with Gasteiger partial charge in [-0.15, -0.1) is 24.9 Å². The summed E-state index contributed by atoms with van der Waals surface area (Å²) >= 11 is 7.61. The first-order chi connectivity index (χ1) is 11.4. The van der Waals surface area contributed by atoms with Crippen molar-refractivity contribution in [3.8, 4) is 0 Å². The predicted molar refractivity (Wildman–Crippen MR) is 101 cm³/mol. The first kappa shape index (κ1) is 20.3. The van der Waals surface area contributed by atoms with Crippen LogP contribution in [0, 0.1) is 6.92 Å². The van der Waals surface area contributed by atoms with Crippen molar-refractivity contribution < 1.29 is 9.59 Å². The van der Waals surface area contributed by atoms with Crippen LogP contribution >= 0.6 is 23.4 Å². The monoisotopic (exact) mass is 366 g/mol. The number of thioether (sulfide) groups is 1. The third-order valence-electron chi connectivity index (χ3n) is 3.25. The Labute approximate surface area is 152 Å². The summed E-state index contributed by atoms with van der Waals surface area (Å²) in [6.45, 7) is 11.5. The fourth-order valence-electron chi connectivity index (χ4n) is 2.05. The zero-order valence-corrected chi connectivity index (χ0v) is 15.6. The van der Waals surface area contributed by atoms with Crippen molar-refractivity contribution in [3.05, 3.63) is 54.1 Å². The summed E-state index contributed by atoms with van der Waals surface area (Å²) in [5.41, 5.74) is 0.999. The molecule has 130 valence electrons. The average Bonchev–Trinajstić information content (AvgIpc) is 2.53. The second-order valence-corrected chi connectivity index (χ2v) is 6.80. The molecule has 0 aromatic heterocycles. The van der Waals surface area contributed by atoms with Crippen LogP contribution in [0.5, 0.6) is 0 Å². The van der Waals surface area contributed by atoms with Crippen molar-refractivity contribution in [2.45, 2.75) is 24.8 Å². The van der Waals surface area contributed by atoms with Gasteiger partial charge >= 0.3 is 0 Å². The molecule has 0 saturated carbocycles. The van der Waals surface area contributed by atoms with E-state index in [1.54, 1.807) is 17.1 Å². The topological polar surface area (TPSA) is 49.4 Å². The molecule has 0 aliphatic rings. The summed E-state index contributed by atoms with van der Waals surface area (Å²) in [6.07, 6.45) is 3.30. The molecule has 0 spiro atoms. The van der Waals surface area contributed by atoms with Gasteiger partial charge in [0.15, 0.2) is 0 Å². The second kappa shape index (κ2) is 10.2. The van der Waals surface area contributed by atoms with Gasteiger partial charge in [0.25, 0.3) is 0 Å². The second-order valence-electron chi connectivity index (χ2n) is 5.30. The lowest BCUT2D eigenvalue weighted by Crippen LogP contribution is -2.49. The van der Waals surface area contributed by atoms with E-state index in [-0.39, 0.29) is 11.8 Å². The summed E-state index contributed by atoms with van der Waals surface area (Å²) < 4.78 is 0. The van der Waals surface area contributed by atoms with E-state index in [2.05, 4.69) is 18.5 Å². The summed E-state index contributed by atoms with van der Waals surface area (Å²) in [5, 5.41) is 3.40. The van der Waals surface area contributed by atoms with E-state index in [0.717, 1.165) is 10.5 Å². The first-order valence-electron chi connectivity index (χ1n) is 7.55. The van der Waals surface area contributed by atoms with Crippen LogP contribution in [0.2, 0.25) is 5.02 Å². The van der Waals surface area contributed by atoms with Crippen molar-refractivity contribution in [3.63, 3.8) is 0 Å². The molecular weight excluding hydrogens is 344 g/mol. The Hall–Kier alpha value is -1.72. The largest absolute Gasteiger partial charge is 0.344 e. The Morgan fingerprint density at radius 2 is 1.96 bits per heavy atom. The minimum absolute atomic E-state index is 0.157. The lowest BCUT2D eigenvalue weighted by atomic mass is 10.2. The maximum absolute atomic E-state index is 12.7. The number of halogens is 1. The van der Waals surface area contributed by atoms with Crippen LogP contribution in [0.3, 0.4) is 0 Å². The molecule has 1 rings (SSSR count). The van der Waals surface area contributed by atoms with Crippen LogP contribution in [0.1, 0.15) is 12.5 Å². The highest BCUT2D eigenvalue weighted by Crippen LogP contribution is 2.25. The minimum Gasteiger partial charge on any atom is -0.344 e. The molecule has 0 saturated heterocycles. The van der Waals surface area contributed by atoms with Gasteiger partial charge in [-0.25, -0.2) is 0 Å². The number of nitrogens with zero attached hydrogens (tertiary/aromatic N) is 1. The van der Waals surface area contributed by atoms with Crippen LogP contribution in [0.4, 0.5) is 0 Å². The first-order valence-corrected chi connectivity index (χ1v) is 8.92. The van der Waals surface area contributed by atoms with Crippen LogP contribution in [-0.2, 0) is 9.59 Å². The zero-order valence-electron chi connectivity index (χ0n) is 14.0. The van der Waals surface area contributed by atoms with Crippen molar-refractivity contribution in [1.29, 1.82) is 0 Å². The van der Waals surface area contributed by atoms with E-state index < -0.39 is 6.04 Å². The third-order valence-corrected chi connectivity index (χ3v) is 4.74. The van der Waals surface area contributed by atoms with Gasteiger partial charge in [-0.1, -0.05) is 29.8 Å². The lowest BCUT2D eigenvalue weighted by Gasteiger charge is -2.25. The number of benzene rings is 1. The standard InChI is InChI=1S/C18H23ClN2O2S/c1-5-9-21(10-6-2)18(23)17(20-14(4)22)12-24-15-8-7-13(3)16(19)11-15/h5-8,11,17H,1-2,9-10,12H2,3-4H3,(H,20,22). The molecule has 0 radical (unpaired) electrons. The quantitative estimate of drug-likeness (QED) is 0.538. The normalized spacial score (nSPS) is 11.5. The molecule has 2 amide bonds. The number of carbonyl (C=O) groups excluding carboxylic acids is 2. The SMILES string of the molecule is C=CCN(CC=C)C(=O)C(CSc1ccc(C)c(Cl)c1)NC(C)=O. The van der Waals surface area contributed by atoms with Crippen LogP contribution in [0.25, 0.3) is 0 Å². The summed E-state index contributed by atoms with van der Waals surface area (Å²) in [4.78, 5) is 26.7. The fourth-order valence-corrected chi connectivity index (χ4v) is 3.25. The molecule has 6 heteroatoms. The van der Waals surface area contributed by atoms with Gasteiger partial charge < -0.3 is 10.2 Å². The molecule has 0 heterocycles. The number of hydrogen-bond donors (Lipinski definition) is 1. The van der Waals surface area contributed by atoms with Gasteiger partial charge in [0, 0.05) is 35.7 Å². The van der Waals surface area contributed by atoms with Crippen LogP contribution < -0.4 is 5.32 Å². The maximum Gasteiger partial charge on any atom is 0.246 e. The van der Waals surface area contributed by atoms with Gasteiger partial charge in [0.05, 0.1) is 0 Å². The number of nitrogens with one attached hydrogen (secondary N) is 1. The van der Waals surface area contributed by atoms with E-state index in [9.17, 15) is 9.59 Å². The van der Waals surface area contributed by atoms with Crippen molar-refractivity contribution in [2.75, 3.05) is 18.8 Å². The molecule has 1 N–H and O–H groups in total. The van der Waals surface area contributed by atoms with Crippen LogP contribution in [-0.4, -0.2) is 41.6 Å². The Morgan fingerprint density at radius 1 is 1.33 bits per heavy atom. The van der Waals surface area contributed by atoms with E-state index >= 15 is 0 Å². The fraction of sp³-hybridized carbons (Fsp3) is 0.333. The highest BCUT2D eigenvalue weighted by atomic mass is 35.5. The predicted octanol–water partition coefficient (Wildman–Crippen LogP) is 3.45. The van der Waals surface area contributed by atoms with E-state index in [4.69, 9.17) is 11.6 Å².